The van der Waals surface area contributed by atoms with E-state index in [0.717, 1.165) is 24.2 Å². The first-order chi connectivity index (χ1) is 12.7. The third kappa shape index (κ3) is 3.58. The predicted molar refractivity (Wildman–Crippen MR) is 98.9 cm³/mol. The van der Waals surface area contributed by atoms with Crippen molar-refractivity contribution in [2.24, 2.45) is 0 Å². The number of anilines is 1. The molecule has 2 unspecified atom stereocenters. The van der Waals surface area contributed by atoms with Crippen molar-refractivity contribution in [2.45, 2.75) is 51.1 Å². The zero-order valence-corrected chi connectivity index (χ0v) is 15.1. The van der Waals surface area contributed by atoms with Crippen molar-refractivity contribution < 1.29 is 9.21 Å². The molecule has 2 N–H and O–H groups in total. The number of amides is 2. The first-order valence-corrected chi connectivity index (χ1v) is 9.47. The van der Waals surface area contributed by atoms with Gasteiger partial charge in [0.25, 0.3) is 0 Å². The molecule has 0 saturated carbocycles. The van der Waals surface area contributed by atoms with Crippen LogP contribution in [-0.4, -0.2) is 46.3 Å². The third-order valence-corrected chi connectivity index (χ3v) is 5.33. The van der Waals surface area contributed by atoms with E-state index in [-0.39, 0.29) is 12.1 Å². The molecule has 3 heterocycles. The van der Waals surface area contributed by atoms with Crippen LogP contribution in [0.4, 0.5) is 10.5 Å². The standard InChI is InChI=1S/C19H25N5O2/c1-2-17-22-23-18(26-17)13-6-8-14(9-7-13)20-19(25)21-15-10-12-24-11-4-3-5-16(15)24/h6-9,15-16H,2-5,10-12H2,1H3,(H2,20,21,25). The summed E-state index contributed by atoms with van der Waals surface area (Å²) in [4.78, 5) is 14.9. The zero-order valence-electron chi connectivity index (χ0n) is 15.1. The molecule has 7 nitrogen and oxygen atoms in total. The summed E-state index contributed by atoms with van der Waals surface area (Å²) in [5.41, 5.74) is 1.59. The summed E-state index contributed by atoms with van der Waals surface area (Å²) >= 11 is 0. The van der Waals surface area contributed by atoms with E-state index in [9.17, 15) is 4.79 Å². The van der Waals surface area contributed by atoms with Gasteiger partial charge in [-0.1, -0.05) is 13.3 Å². The van der Waals surface area contributed by atoms with E-state index in [1.165, 1.54) is 25.8 Å². The zero-order chi connectivity index (χ0) is 17.9. The van der Waals surface area contributed by atoms with Gasteiger partial charge in [-0.2, -0.15) is 0 Å². The monoisotopic (exact) mass is 355 g/mol. The molecule has 1 aromatic heterocycles. The number of urea groups is 1. The maximum Gasteiger partial charge on any atom is 0.319 e. The van der Waals surface area contributed by atoms with Crippen molar-refractivity contribution in [3.8, 4) is 11.5 Å². The summed E-state index contributed by atoms with van der Waals surface area (Å²) in [5.74, 6) is 1.12. The summed E-state index contributed by atoms with van der Waals surface area (Å²) in [6.07, 6.45) is 5.48. The molecule has 2 aliphatic heterocycles. The van der Waals surface area contributed by atoms with Gasteiger partial charge in [-0.3, -0.25) is 4.90 Å². The second-order valence-electron chi connectivity index (χ2n) is 7.02. The maximum absolute atomic E-state index is 12.4. The van der Waals surface area contributed by atoms with Crippen molar-refractivity contribution >= 4 is 11.7 Å². The lowest BCUT2D eigenvalue weighted by molar-refractivity contribution is 0.180. The second-order valence-corrected chi connectivity index (χ2v) is 7.02. The first kappa shape index (κ1) is 17.0. The van der Waals surface area contributed by atoms with Crippen LogP contribution >= 0.6 is 0 Å². The van der Waals surface area contributed by atoms with Crippen LogP contribution < -0.4 is 10.6 Å². The normalized spacial score (nSPS) is 22.8. The highest BCUT2D eigenvalue weighted by Crippen LogP contribution is 2.27. The molecule has 2 aromatic rings. The SMILES string of the molecule is CCc1nnc(-c2ccc(NC(=O)NC3CCN4CCCCC34)cc2)o1. The number of hydrogen-bond acceptors (Lipinski definition) is 5. The maximum atomic E-state index is 12.4. The molecule has 2 aliphatic rings. The van der Waals surface area contributed by atoms with Gasteiger partial charge in [0, 0.05) is 36.3 Å². The lowest BCUT2D eigenvalue weighted by atomic mass is 9.99. The Balaban J connectivity index is 1.34. The van der Waals surface area contributed by atoms with E-state index in [4.69, 9.17) is 4.42 Å². The van der Waals surface area contributed by atoms with Crippen LogP contribution in [-0.2, 0) is 6.42 Å². The molecule has 0 radical (unpaired) electrons. The van der Waals surface area contributed by atoms with Crippen molar-refractivity contribution in [1.82, 2.24) is 20.4 Å². The van der Waals surface area contributed by atoms with Crippen LogP contribution in [0.3, 0.4) is 0 Å². The molecule has 0 bridgehead atoms. The average molecular weight is 355 g/mol. The Bertz CT molecular complexity index is 758. The molecule has 0 aliphatic carbocycles. The van der Waals surface area contributed by atoms with Gasteiger partial charge in [-0.05, 0) is 50.1 Å². The van der Waals surface area contributed by atoms with Gasteiger partial charge in [0.2, 0.25) is 11.8 Å². The molecule has 2 atom stereocenters. The average Bonchev–Trinajstić information content (AvgIpc) is 3.30. The number of hydrogen-bond donors (Lipinski definition) is 2. The first-order valence-electron chi connectivity index (χ1n) is 9.47. The fourth-order valence-corrected chi connectivity index (χ4v) is 3.96. The molecule has 0 spiro atoms. The quantitative estimate of drug-likeness (QED) is 0.881. The Hall–Kier alpha value is -2.41. The largest absolute Gasteiger partial charge is 0.421 e. The van der Waals surface area contributed by atoms with E-state index in [2.05, 4.69) is 25.7 Å². The van der Waals surface area contributed by atoms with Crippen molar-refractivity contribution in [3.05, 3.63) is 30.2 Å². The van der Waals surface area contributed by atoms with Crippen LogP contribution in [0.15, 0.2) is 28.7 Å². The van der Waals surface area contributed by atoms with Gasteiger partial charge in [-0.25, -0.2) is 4.79 Å². The second kappa shape index (κ2) is 7.45. The topological polar surface area (TPSA) is 83.3 Å². The number of carbonyl (C=O) groups is 1. The van der Waals surface area contributed by atoms with Gasteiger partial charge < -0.3 is 15.1 Å². The molecule has 7 heteroatoms. The number of piperidine rings is 1. The smallest absolute Gasteiger partial charge is 0.319 e. The summed E-state index contributed by atoms with van der Waals surface area (Å²) in [7, 11) is 0. The van der Waals surface area contributed by atoms with Gasteiger partial charge >= 0.3 is 6.03 Å². The third-order valence-electron chi connectivity index (χ3n) is 5.33. The van der Waals surface area contributed by atoms with Crippen molar-refractivity contribution in [3.63, 3.8) is 0 Å². The highest BCUT2D eigenvalue weighted by molar-refractivity contribution is 5.89. The molecule has 26 heavy (non-hydrogen) atoms. The van der Waals surface area contributed by atoms with Crippen LogP contribution in [0.5, 0.6) is 0 Å². The molecule has 138 valence electrons. The number of nitrogens with one attached hydrogen (secondary N) is 2. The fraction of sp³-hybridized carbons (Fsp3) is 0.526. The molecular formula is C19H25N5O2. The van der Waals surface area contributed by atoms with Crippen LogP contribution in [0.1, 0.15) is 38.5 Å². The minimum Gasteiger partial charge on any atom is -0.421 e. The summed E-state index contributed by atoms with van der Waals surface area (Å²) < 4.78 is 5.55. The van der Waals surface area contributed by atoms with Gasteiger partial charge in [0.05, 0.1) is 0 Å². The predicted octanol–water partition coefficient (Wildman–Crippen LogP) is 3.05. The summed E-state index contributed by atoms with van der Waals surface area (Å²) in [5, 5.41) is 14.1. The van der Waals surface area contributed by atoms with Crippen LogP contribution in [0.2, 0.25) is 0 Å². The molecule has 2 fully saturated rings. The Morgan fingerprint density at radius 2 is 2.04 bits per heavy atom. The summed E-state index contributed by atoms with van der Waals surface area (Å²) in [6.45, 7) is 4.23. The number of nitrogens with zero attached hydrogens (tertiary/aromatic N) is 3. The number of aromatic nitrogens is 2. The molecular weight excluding hydrogens is 330 g/mol. The van der Waals surface area contributed by atoms with Crippen LogP contribution in [0, 0.1) is 0 Å². The minimum atomic E-state index is -0.138. The van der Waals surface area contributed by atoms with E-state index in [1.54, 1.807) is 0 Å². The van der Waals surface area contributed by atoms with E-state index in [0.29, 0.717) is 24.2 Å². The molecule has 2 saturated heterocycles. The highest BCUT2D eigenvalue weighted by Gasteiger charge is 2.36. The van der Waals surface area contributed by atoms with Crippen molar-refractivity contribution in [1.29, 1.82) is 0 Å². The lowest BCUT2D eigenvalue weighted by Gasteiger charge is -2.32. The van der Waals surface area contributed by atoms with Gasteiger partial charge in [0.15, 0.2) is 0 Å². The molecule has 1 aromatic carbocycles. The van der Waals surface area contributed by atoms with Crippen LogP contribution in [0.25, 0.3) is 11.5 Å². The summed E-state index contributed by atoms with van der Waals surface area (Å²) in [6, 6.07) is 8.07. The number of fused-ring (bicyclic) bond motifs is 1. The van der Waals surface area contributed by atoms with Gasteiger partial charge in [0.1, 0.15) is 0 Å². The lowest BCUT2D eigenvalue weighted by Crippen LogP contribution is -2.47. The highest BCUT2D eigenvalue weighted by atomic mass is 16.4. The van der Waals surface area contributed by atoms with Crippen molar-refractivity contribution in [2.75, 3.05) is 18.4 Å². The number of rotatable bonds is 4. The number of benzene rings is 1. The molecule has 4 rings (SSSR count). The fourth-order valence-electron chi connectivity index (χ4n) is 3.96. The minimum absolute atomic E-state index is 0.138. The Morgan fingerprint density at radius 1 is 1.19 bits per heavy atom. The Morgan fingerprint density at radius 3 is 2.81 bits per heavy atom. The van der Waals surface area contributed by atoms with E-state index >= 15 is 0 Å². The van der Waals surface area contributed by atoms with E-state index < -0.39 is 0 Å². The Labute approximate surface area is 153 Å². The van der Waals surface area contributed by atoms with Gasteiger partial charge in [-0.15, -0.1) is 10.2 Å². The van der Waals surface area contributed by atoms with E-state index in [1.807, 2.05) is 31.2 Å². The number of carbonyl (C=O) groups excluding carboxylic acids is 1. The molecule has 2 amide bonds. The number of aryl methyl sites for hydroxylation is 1. The Kier molecular flexibility index (Phi) is 4.88.